The van der Waals surface area contributed by atoms with E-state index < -0.39 is 10.1 Å². The smallest absolute Gasteiger partial charge is 0.269 e. The molecule has 4 heteroatoms. The molecule has 0 saturated heterocycles. The molecule has 11 heavy (non-hydrogen) atoms. The van der Waals surface area contributed by atoms with Gasteiger partial charge in [-0.1, -0.05) is 19.3 Å². The summed E-state index contributed by atoms with van der Waals surface area (Å²) in [7, 11) is -3.44. The van der Waals surface area contributed by atoms with Crippen molar-refractivity contribution in [1.29, 1.82) is 0 Å². The Hall–Kier alpha value is -0.530. The SMILES string of the molecule is C#CCS(=O)(=O)OCCCC. The summed E-state index contributed by atoms with van der Waals surface area (Å²) < 4.78 is 26.0. The van der Waals surface area contributed by atoms with Gasteiger partial charge >= 0.3 is 0 Å². The van der Waals surface area contributed by atoms with E-state index in [2.05, 4.69) is 4.18 Å². The molecule has 0 saturated carbocycles. The minimum absolute atomic E-state index is 0.237. The molecule has 0 radical (unpaired) electrons. The summed E-state index contributed by atoms with van der Waals surface area (Å²) in [5.41, 5.74) is 0. The maximum Gasteiger partial charge on any atom is 0.278 e. The average Bonchev–Trinajstić information content (AvgIpc) is 1.87. The highest BCUT2D eigenvalue weighted by molar-refractivity contribution is 7.86. The number of hydrogen-bond donors (Lipinski definition) is 0. The second-order valence-corrected chi connectivity index (χ2v) is 3.72. The van der Waals surface area contributed by atoms with Crippen LogP contribution in [0.5, 0.6) is 0 Å². The van der Waals surface area contributed by atoms with Crippen molar-refractivity contribution < 1.29 is 12.6 Å². The van der Waals surface area contributed by atoms with Crippen molar-refractivity contribution in [2.24, 2.45) is 0 Å². The van der Waals surface area contributed by atoms with Crippen molar-refractivity contribution in [3.05, 3.63) is 0 Å². The molecule has 0 aliphatic carbocycles. The molecule has 3 nitrogen and oxygen atoms in total. The highest BCUT2D eigenvalue weighted by atomic mass is 32.2. The zero-order valence-electron chi connectivity index (χ0n) is 6.54. The van der Waals surface area contributed by atoms with Gasteiger partial charge in [-0.05, 0) is 6.42 Å². The lowest BCUT2D eigenvalue weighted by molar-refractivity contribution is 0.313. The van der Waals surface area contributed by atoms with Crippen LogP contribution in [-0.2, 0) is 14.3 Å². The van der Waals surface area contributed by atoms with Gasteiger partial charge in [-0.3, -0.25) is 4.18 Å². The maximum atomic E-state index is 10.7. The van der Waals surface area contributed by atoms with Gasteiger partial charge in [-0.15, -0.1) is 6.42 Å². The van der Waals surface area contributed by atoms with Crippen molar-refractivity contribution in [3.63, 3.8) is 0 Å². The molecule has 0 N–H and O–H groups in total. The lowest BCUT2D eigenvalue weighted by Gasteiger charge is -1.99. The molecule has 0 aromatic rings. The highest BCUT2D eigenvalue weighted by Crippen LogP contribution is 1.95. The van der Waals surface area contributed by atoms with Gasteiger partial charge in [0.1, 0.15) is 5.75 Å². The van der Waals surface area contributed by atoms with Crippen molar-refractivity contribution in [2.45, 2.75) is 19.8 Å². The summed E-state index contributed by atoms with van der Waals surface area (Å²) in [6, 6.07) is 0. The summed E-state index contributed by atoms with van der Waals surface area (Å²) in [6.45, 7) is 2.19. The fraction of sp³-hybridized carbons (Fsp3) is 0.714. The Kier molecular flexibility index (Phi) is 4.92. The van der Waals surface area contributed by atoms with Gasteiger partial charge in [-0.25, -0.2) is 0 Å². The summed E-state index contributed by atoms with van der Waals surface area (Å²) in [5, 5.41) is 0. The van der Waals surface area contributed by atoms with E-state index in [1.54, 1.807) is 0 Å². The number of hydrogen-bond acceptors (Lipinski definition) is 3. The van der Waals surface area contributed by atoms with Crippen LogP contribution in [-0.4, -0.2) is 20.8 Å². The van der Waals surface area contributed by atoms with E-state index in [-0.39, 0.29) is 12.4 Å². The number of terminal acetylenes is 1. The summed E-state index contributed by atoms with van der Waals surface area (Å²) >= 11 is 0. The molecular formula is C7H12O3S. The third kappa shape index (κ3) is 5.89. The lowest BCUT2D eigenvalue weighted by atomic mass is 10.4. The van der Waals surface area contributed by atoms with Gasteiger partial charge in [0.2, 0.25) is 0 Å². The topological polar surface area (TPSA) is 43.4 Å². The molecule has 0 aliphatic rings. The van der Waals surface area contributed by atoms with Crippen LogP contribution in [0, 0.1) is 12.3 Å². The maximum absolute atomic E-state index is 10.7. The highest BCUT2D eigenvalue weighted by Gasteiger charge is 2.06. The van der Waals surface area contributed by atoms with Crippen LogP contribution in [0.4, 0.5) is 0 Å². The lowest BCUT2D eigenvalue weighted by Crippen LogP contribution is -2.09. The molecule has 64 valence electrons. The van der Waals surface area contributed by atoms with Crippen molar-refractivity contribution in [1.82, 2.24) is 0 Å². The van der Waals surface area contributed by atoms with E-state index in [1.807, 2.05) is 12.8 Å². The Labute approximate surface area is 67.9 Å². The fourth-order valence-corrected chi connectivity index (χ4v) is 1.13. The molecule has 0 bridgehead atoms. The first-order chi connectivity index (χ1) is 5.12. The van der Waals surface area contributed by atoms with E-state index in [0.717, 1.165) is 12.8 Å². The van der Waals surface area contributed by atoms with Gasteiger partial charge in [0.25, 0.3) is 10.1 Å². The monoisotopic (exact) mass is 176 g/mol. The third-order valence-electron chi connectivity index (χ3n) is 1.02. The predicted octanol–water partition coefficient (Wildman–Crippen LogP) is 0.766. The van der Waals surface area contributed by atoms with E-state index in [1.165, 1.54) is 0 Å². The van der Waals surface area contributed by atoms with E-state index in [0.29, 0.717) is 0 Å². The average molecular weight is 176 g/mol. The molecule has 0 unspecified atom stereocenters. The van der Waals surface area contributed by atoms with Crippen LogP contribution in [0.25, 0.3) is 0 Å². The first kappa shape index (κ1) is 10.5. The molecule has 0 fully saturated rings. The van der Waals surface area contributed by atoms with Crippen molar-refractivity contribution in [3.8, 4) is 12.3 Å². The zero-order chi connectivity index (χ0) is 8.74. The molecule has 0 aliphatic heterocycles. The van der Waals surface area contributed by atoms with Gasteiger partial charge < -0.3 is 0 Å². The van der Waals surface area contributed by atoms with Gasteiger partial charge in [0.15, 0.2) is 0 Å². The molecule has 0 amide bonds. The first-order valence-corrected chi connectivity index (χ1v) is 5.00. The molecule has 0 atom stereocenters. The number of rotatable bonds is 5. The quantitative estimate of drug-likeness (QED) is 0.353. The van der Waals surface area contributed by atoms with Crippen molar-refractivity contribution in [2.75, 3.05) is 12.4 Å². The third-order valence-corrected chi connectivity index (χ3v) is 2.07. The predicted molar refractivity (Wildman–Crippen MR) is 43.5 cm³/mol. The summed E-state index contributed by atoms with van der Waals surface area (Å²) in [5.74, 6) is 1.69. The molecular weight excluding hydrogens is 164 g/mol. The van der Waals surface area contributed by atoms with Crippen LogP contribution in [0.1, 0.15) is 19.8 Å². The molecule has 0 spiro atoms. The largest absolute Gasteiger partial charge is 0.278 e. The second-order valence-electron chi connectivity index (χ2n) is 2.08. The van der Waals surface area contributed by atoms with Gasteiger partial charge in [-0.2, -0.15) is 8.42 Å². The molecule has 0 aromatic heterocycles. The van der Waals surface area contributed by atoms with Gasteiger partial charge in [0, 0.05) is 0 Å². The Balaban J connectivity index is 3.68. The molecule has 0 aromatic carbocycles. The molecule has 0 rings (SSSR count). The Bertz CT molecular complexity index is 223. The Morgan fingerprint density at radius 2 is 2.18 bits per heavy atom. The van der Waals surface area contributed by atoms with Crippen LogP contribution in [0.15, 0.2) is 0 Å². The van der Waals surface area contributed by atoms with Crippen LogP contribution in [0.3, 0.4) is 0 Å². The minimum Gasteiger partial charge on any atom is -0.269 e. The standard InChI is InChI=1S/C7H12O3S/c1-3-5-6-10-11(8,9)7-4-2/h2H,3,5-7H2,1H3. The Morgan fingerprint density at radius 1 is 1.55 bits per heavy atom. The second kappa shape index (κ2) is 5.16. The zero-order valence-corrected chi connectivity index (χ0v) is 7.36. The molecule has 0 heterocycles. The summed E-state index contributed by atoms with van der Waals surface area (Å²) in [4.78, 5) is 0. The van der Waals surface area contributed by atoms with Crippen LogP contribution in [0.2, 0.25) is 0 Å². The minimum atomic E-state index is -3.44. The normalized spacial score (nSPS) is 10.9. The van der Waals surface area contributed by atoms with E-state index in [4.69, 9.17) is 6.42 Å². The van der Waals surface area contributed by atoms with Crippen LogP contribution < -0.4 is 0 Å². The van der Waals surface area contributed by atoms with Crippen molar-refractivity contribution >= 4 is 10.1 Å². The number of unbranched alkanes of at least 4 members (excludes halogenated alkanes) is 1. The summed E-state index contributed by atoms with van der Waals surface area (Å²) in [6.07, 6.45) is 6.46. The Morgan fingerprint density at radius 3 is 2.64 bits per heavy atom. The van der Waals surface area contributed by atoms with Gasteiger partial charge in [0.05, 0.1) is 6.61 Å². The van der Waals surface area contributed by atoms with Crippen LogP contribution >= 0.6 is 0 Å². The first-order valence-electron chi connectivity index (χ1n) is 3.43. The van der Waals surface area contributed by atoms with E-state index >= 15 is 0 Å². The fourth-order valence-electron chi connectivity index (χ4n) is 0.474. The van der Waals surface area contributed by atoms with E-state index in [9.17, 15) is 8.42 Å².